The van der Waals surface area contributed by atoms with Gasteiger partial charge in [0.15, 0.2) is 0 Å². The van der Waals surface area contributed by atoms with Gasteiger partial charge in [0, 0.05) is 74.5 Å². The average molecular weight is 1120 g/mol. The van der Waals surface area contributed by atoms with Gasteiger partial charge >= 0.3 is 11.9 Å². The van der Waals surface area contributed by atoms with Crippen molar-refractivity contribution in [1.82, 2.24) is 26.6 Å². The van der Waals surface area contributed by atoms with Crippen molar-refractivity contribution in [2.75, 3.05) is 55.9 Å². The van der Waals surface area contributed by atoms with Crippen molar-refractivity contribution in [2.24, 2.45) is 0 Å². The number of hydrogen-bond donors (Lipinski definition) is 11. The maximum Gasteiger partial charge on any atom is 0.364 e. The second kappa shape index (κ2) is 29.2. The van der Waals surface area contributed by atoms with E-state index in [1.165, 1.54) is 85.0 Å². The van der Waals surface area contributed by atoms with E-state index in [1.807, 2.05) is 0 Å². The summed E-state index contributed by atoms with van der Waals surface area (Å²) in [4.78, 5) is 86.7. The van der Waals surface area contributed by atoms with E-state index in [4.69, 9.17) is 18.9 Å². The Morgan fingerprint density at radius 1 is 0.649 bits per heavy atom. The minimum atomic E-state index is -2.52. The molecule has 10 atom stereocenters. The highest BCUT2D eigenvalue weighted by atomic mass is 32.2. The van der Waals surface area contributed by atoms with E-state index in [1.54, 1.807) is 6.92 Å². The number of ether oxygens (including phenoxy) is 4. The number of aliphatic hydroxyl groups is 4. The van der Waals surface area contributed by atoms with Crippen molar-refractivity contribution >= 4 is 65.0 Å². The van der Waals surface area contributed by atoms with Crippen LogP contribution in [0.2, 0.25) is 0 Å². The first-order chi connectivity index (χ1) is 36.6. The summed E-state index contributed by atoms with van der Waals surface area (Å²) in [6, 6.07) is 12.5. The van der Waals surface area contributed by atoms with Crippen molar-refractivity contribution in [1.29, 1.82) is 0 Å². The lowest BCUT2D eigenvalue weighted by Crippen LogP contribution is -2.68. The van der Waals surface area contributed by atoms with Crippen LogP contribution in [0.4, 0.5) is 8.78 Å². The van der Waals surface area contributed by atoms with Gasteiger partial charge < -0.3 is 76.2 Å². The predicted octanol–water partition coefficient (Wildman–Crippen LogP) is 1.41. The zero-order valence-corrected chi connectivity index (χ0v) is 44.0. The molecular weight excluding hydrogens is 1060 g/mol. The van der Waals surface area contributed by atoms with E-state index >= 15 is 0 Å². The Kier molecular flexibility index (Phi) is 23.6. The number of rotatable bonds is 28. The zero-order chi connectivity index (χ0) is 56.5. The maximum absolute atomic E-state index is 14.3. The molecule has 26 heteroatoms. The smallest absolute Gasteiger partial charge is 0.364 e. The number of aliphatic carboxylic acids is 2. The van der Waals surface area contributed by atoms with E-state index in [9.17, 15) is 73.0 Å². The van der Waals surface area contributed by atoms with Crippen LogP contribution in [-0.4, -0.2) is 188 Å². The van der Waals surface area contributed by atoms with Crippen LogP contribution in [0.1, 0.15) is 77.5 Å². The molecule has 11 N–H and O–H groups in total. The third kappa shape index (κ3) is 17.3. The highest BCUT2D eigenvalue weighted by Gasteiger charge is 2.56. The number of carboxylic acids is 2. The van der Waals surface area contributed by atoms with Crippen LogP contribution < -0.4 is 26.6 Å². The SMILES string of the molecule is CC(=O)NC1[C@H](C)O[C@@](OCCCSCCNC(=O)c2ccc(C(=O)NCCSCCCO[C@]3(C(=O)O)CC(O)[C@@H](NC(C)=O)[C@H](C(O)[C@H](O)CNC(=O)c4ccc(-c5c(F)cccc5F)cc4)O3)cc2)(C(=O)O)C[C@@H]1O. The fourth-order valence-corrected chi connectivity index (χ4v) is 10.0. The number of benzene rings is 3. The van der Waals surface area contributed by atoms with Crippen LogP contribution >= 0.6 is 23.5 Å². The molecule has 3 unspecified atom stereocenters. The molecule has 0 aliphatic carbocycles. The predicted molar refractivity (Wildman–Crippen MR) is 276 cm³/mol. The topological polar surface area (TPSA) is 338 Å². The standard InChI is InChI=1S/C51H65F2N5O17S2/c1-28-41(57-29(2)59)37(61)25-50(74-28,48(68)69)72-19-5-21-76-23-17-54-45(65)32-13-15-33(16-14-32)46(66)55-18-24-77-22-6-20-73-51(49(70)71)26-38(62)42(58-30(3)60)44(75-51)43(64)39(63)27-56-47(67)34-11-9-31(10-12-34)40-35(52)7-4-8-36(40)53/h4,7-16,28,37-39,41-44,61-64H,5-6,17-27H2,1-3H3,(H,54,65)(H,55,66)(H,56,67)(H,57,59)(H,58,60)(H,68,69)(H,70,71)/t28-,37-,38?,39+,41?,42+,43?,44+,50+,51+/m0/s1. The van der Waals surface area contributed by atoms with E-state index in [0.717, 1.165) is 19.1 Å². The first kappa shape index (κ1) is 62.0. The molecule has 2 fully saturated rings. The second-order valence-electron chi connectivity index (χ2n) is 18.2. The van der Waals surface area contributed by atoms with Gasteiger partial charge in [0.25, 0.3) is 29.3 Å². The molecule has 77 heavy (non-hydrogen) atoms. The Morgan fingerprint density at radius 3 is 1.53 bits per heavy atom. The average Bonchev–Trinajstić information content (AvgIpc) is 3.39. The van der Waals surface area contributed by atoms with Crippen molar-refractivity contribution in [3.8, 4) is 11.1 Å². The van der Waals surface area contributed by atoms with Crippen molar-refractivity contribution in [3.05, 3.63) is 95.1 Å². The first-order valence-electron chi connectivity index (χ1n) is 24.6. The Balaban J connectivity index is 0.981. The van der Waals surface area contributed by atoms with E-state index in [-0.39, 0.29) is 67.0 Å². The van der Waals surface area contributed by atoms with Gasteiger partial charge in [-0.25, -0.2) is 18.4 Å². The summed E-state index contributed by atoms with van der Waals surface area (Å²) in [5.41, 5.74) is 0.566. The molecule has 2 heterocycles. The lowest BCUT2D eigenvalue weighted by molar-refractivity contribution is -0.310. The summed E-state index contributed by atoms with van der Waals surface area (Å²) < 4.78 is 51.2. The first-order valence-corrected chi connectivity index (χ1v) is 26.9. The fraction of sp³-hybridized carbons (Fsp3) is 0.510. The minimum absolute atomic E-state index is 0.0308. The molecule has 0 aromatic heterocycles. The van der Waals surface area contributed by atoms with Crippen LogP contribution in [0.5, 0.6) is 0 Å². The quantitative estimate of drug-likeness (QED) is 0.0458. The molecule has 0 radical (unpaired) electrons. The number of carboxylic acid groups (broad SMARTS) is 2. The van der Waals surface area contributed by atoms with Crippen LogP contribution in [0.3, 0.4) is 0 Å². The Labute approximate surface area is 450 Å². The summed E-state index contributed by atoms with van der Waals surface area (Å²) in [7, 11) is 0. The van der Waals surface area contributed by atoms with Crippen LogP contribution in [0.15, 0.2) is 66.7 Å². The minimum Gasteiger partial charge on any atom is -0.477 e. The lowest BCUT2D eigenvalue weighted by Gasteiger charge is -2.46. The second-order valence-corrected chi connectivity index (χ2v) is 20.6. The van der Waals surface area contributed by atoms with Crippen LogP contribution in [0.25, 0.3) is 11.1 Å². The van der Waals surface area contributed by atoms with Gasteiger partial charge in [-0.05, 0) is 85.4 Å². The van der Waals surface area contributed by atoms with E-state index in [0.29, 0.717) is 47.1 Å². The van der Waals surface area contributed by atoms with Gasteiger partial charge in [0.2, 0.25) is 11.8 Å². The number of amides is 5. The highest BCUT2D eigenvalue weighted by Crippen LogP contribution is 2.35. The summed E-state index contributed by atoms with van der Waals surface area (Å²) in [6.07, 6.45) is -9.54. The number of aliphatic hydroxyl groups excluding tert-OH is 4. The summed E-state index contributed by atoms with van der Waals surface area (Å²) in [5, 5.41) is 76.8. The summed E-state index contributed by atoms with van der Waals surface area (Å²) in [6.45, 7) is 3.75. The number of thioether (sulfide) groups is 2. The van der Waals surface area contributed by atoms with Gasteiger partial charge in [-0.1, -0.05) is 18.2 Å². The molecule has 3 aromatic carbocycles. The van der Waals surface area contributed by atoms with Crippen molar-refractivity contribution in [2.45, 2.75) is 107 Å². The Morgan fingerprint density at radius 2 is 1.08 bits per heavy atom. The normalized spacial score (nSPS) is 23.9. The molecule has 5 rings (SSSR count). The molecule has 0 spiro atoms. The third-order valence-corrected chi connectivity index (χ3v) is 14.5. The fourth-order valence-electron chi connectivity index (χ4n) is 8.48. The van der Waals surface area contributed by atoms with Crippen LogP contribution in [0, 0.1) is 11.6 Å². The molecule has 2 aliphatic heterocycles. The lowest BCUT2D eigenvalue weighted by atomic mass is 9.88. The molecule has 0 saturated carbocycles. The van der Waals surface area contributed by atoms with Gasteiger partial charge in [-0.2, -0.15) is 23.5 Å². The largest absolute Gasteiger partial charge is 0.477 e. The Bertz CT molecular complexity index is 2480. The number of hydrogen-bond acceptors (Lipinski definition) is 17. The number of carbonyl (C=O) groups excluding carboxylic acids is 5. The van der Waals surface area contributed by atoms with Gasteiger partial charge in [0.1, 0.15) is 23.8 Å². The molecular formula is C51H65F2N5O17S2. The van der Waals surface area contributed by atoms with Crippen molar-refractivity contribution in [3.63, 3.8) is 0 Å². The summed E-state index contributed by atoms with van der Waals surface area (Å²) >= 11 is 2.92. The molecule has 422 valence electrons. The number of carbonyl (C=O) groups is 7. The van der Waals surface area contributed by atoms with E-state index < -0.39 is 109 Å². The maximum atomic E-state index is 14.3. The zero-order valence-electron chi connectivity index (χ0n) is 42.4. The molecule has 2 aliphatic rings. The number of halogens is 2. The molecule has 3 aromatic rings. The highest BCUT2D eigenvalue weighted by molar-refractivity contribution is 7.99. The third-order valence-electron chi connectivity index (χ3n) is 12.3. The molecule has 2 saturated heterocycles. The van der Waals surface area contributed by atoms with Crippen molar-refractivity contribution < 1.29 is 91.9 Å². The molecule has 0 bridgehead atoms. The number of nitrogens with one attached hydrogen (secondary N) is 5. The monoisotopic (exact) mass is 1120 g/mol. The van der Waals surface area contributed by atoms with E-state index in [2.05, 4.69) is 26.6 Å². The summed E-state index contributed by atoms with van der Waals surface area (Å²) in [5.74, 6) is -9.72. The van der Waals surface area contributed by atoms with Gasteiger partial charge in [0.05, 0.1) is 55.3 Å². The molecule has 5 amide bonds. The van der Waals surface area contributed by atoms with Crippen LogP contribution in [-0.2, 0) is 38.1 Å². The Hall–Kier alpha value is -5.81. The van der Waals surface area contributed by atoms with Gasteiger partial charge in [-0.3, -0.25) is 24.0 Å². The molecule has 22 nitrogen and oxygen atoms in total. The van der Waals surface area contributed by atoms with Gasteiger partial charge in [-0.15, -0.1) is 0 Å².